The lowest BCUT2D eigenvalue weighted by Crippen LogP contribution is -2.34. The smallest absolute Gasteiger partial charge is 0.312 e. The van der Waals surface area contributed by atoms with E-state index in [1.807, 2.05) is 0 Å². The molecule has 2 aliphatic rings. The van der Waals surface area contributed by atoms with E-state index < -0.39 is 0 Å². The first kappa shape index (κ1) is 14.8. The number of nitrogens with zero attached hydrogens (tertiary/aromatic N) is 1. The molecule has 1 aliphatic heterocycles. The summed E-state index contributed by atoms with van der Waals surface area (Å²) in [4.78, 5) is 14.7. The Balaban J connectivity index is 1.71. The number of carbonyl (C=O) groups is 1. The van der Waals surface area contributed by atoms with Crippen molar-refractivity contribution in [2.75, 3.05) is 26.2 Å². The molecule has 3 nitrogen and oxygen atoms in total. The quantitative estimate of drug-likeness (QED) is 0.693. The van der Waals surface area contributed by atoms with Crippen LogP contribution in [0.15, 0.2) is 0 Å². The van der Waals surface area contributed by atoms with Crippen molar-refractivity contribution in [2.24, 2.45) is 17.3 Å². The van der Waals surface area contributed by atoms with E-state index in [1.54, 1.807) is 0 Å². The second-order valence-electron chi connectivity index (χ2n) is 6.90. The lowest BCUT2D eigenvalue weighted by molar-refractivity contribution is -0.152. The van der Waals surface area contributed by atoms with E-state index in [4.69, 9.17) is 4.74 Å². The Morgan fingerprint density at radius 2 is 1.95 bits per heavy atom. The Kier molecular flexibility index (Phi) is 4.88. The van der Waals surface area contributed by atoms with Crippen LogP contribution < -0.4 is 0 Å². The number of esters is 1. The number of carbonyl (C=O) groups excluding carboxylic acids is 1. The third-order valence-electron chi connectivity index (χ3n) is 4.72. The highest BCUT2D eigenvalue weighted by atomic mass is 16.5. The van der Waals surface area contributed by atoms with E-state index in [0.717, 1.165) is 19.4 Å². The van der Waals surface area contributed by atoms with Crippen LogP contribution in [0.5, 0.6) is 0 Å². The number of rotatable bonds is 6. The number of hydrogen-bond donors (Lipinski definition) is 0. The maximum absolute atomic E-state index is 12.3. The number of likely N-dealkylation sites (tertiary alicyclic amines) is 1. The zero-order valence-electron chi connectivity index (χ0n) is 12.8. The molecule has 0 spiro atoms. The fourth-order valence-corrected chi connectivity index (χ4v) is 3.46. The number of hydrogen-bond acceptors (Lipinski definition) is 3. The van der Waals surface area contributed by atoms with E-state index in [9.17, 15) is 4.79 Å². The highest BCUT2D eigenvalue weighted by molar-refractivity contribution is 5.80. The van der Waals surface area contributed by atoms with E-state index >= 15 is 0 Å². The Morgan fingerprint density at radius 3 is 2.47 bits per heavy atom. The van der Waals surface area contributed by atoms with E-state index in [0.29, 0.717) is 18.4 Å². The third-order valence-corrected chi connectivity index (χ3v) is 4.72. The molecule has 1 saturated heterocycles. The summed E-state index contributed by atoms with van der Waals surface area (Å²) >= 11 is 0. The minimum absolute atomic E-state index is 0.0608. The zero-order chi connectivity index (χ0) is 13.9. The normalized spacial score (nSPS) is 31.5. The molecule has 0 aromatic rings. The molecular weight excluding hydrogens is 238 g/mol. The van der Waals surface area contributed by atoms with Crippen molar-refractivity contribution in [3.8, 4) is 0 Å². The minimum Gasteiger partial charge on any atom is -0.464 e. The Hall–Kier alpha value is -0.570. The largest absolute Gasteiger partial charge is 0.464 e. The van der Waals surface area contributed by atoms with Gasteiger partial charge in [0.05, 0.1) is 5.41 Å². The summed E-state index contributed by atoms with van der Waals surface area (Å²) in [7, 11) is 0. The monoisotopic (exact) mass is 267 g/mol. The summed E-state index contributed by atoms with van der Waals surface area (Å²) < 4.78 is 5.56. The van der Waals surface area contributed by atoms with Gasteiger partial charge in [-0.3, -0.25) is 9.69 Å². The molecule has 2 atom stereocenters. The van der Waals surface area contributed by atoms with Crippen molar-refractivity contribution < 1.29 is 9.53 Å². The van der Waals surface area contributed by atoms with Gasteiger partial charge in [0.25, 0.3) is 0 Å². The predicted octanol–water partition coefficient (Wildman–Crippen LogP) is 3.09. The first-order chi connectivity index (χ1) is 9.04. The van der Waals surface area contributed by atoms with Gasteiger partial charge in [0.15, 0.2) is 0 Å². The van der Waals surface area contributed by atoms with Crippen LogP contribution in [0.4, 0.5) is 0 Å². The van der Waals surface area contributed by atoms with Crippen LogP contribution in [0.2, 0.25) is 0 Å². The van der Waals surface area contributed by atoms with Gasteiger partial charge in [-0.1, -0.05) is 27.2 Å². The van der Waals surface area contributed by atoms with Gasteiger partial charge in [-0.15, -0.1) is 0 Å². The van der Waals surface area contributed by atoms with E-state index in [-0.39, 0.29) is 11.4 Å². The Bertz CT molecular complexity index is 310. The van der Waals surface area contributed by atoms with Crippen molar-refractivity contribution in [2.45, 2.75) is 52.9 Å². The van der Waals surface area contributed by atoms with Gasteiger partial charge >= 0.3 is 5.97 Å². The molecule has 110 valence electrons. The van der Waals surface area contributed by atoms with Gasteiger partial charge in [0.1, 0.15) is 6.61 Å². The summed E-state index contributed by atoms with van der Waals surface area (Å²) in [5.41, 5.74) is -0.143. The van der Waals surface area contributed by atoms with Crippen molar-refractivity contribution in [1.29, 1.82) is 0 Å². The van der Waals surface area contributed by atoms with Crippen LogP contribution >= 0.6 is 0 Å². The SMILES string of the molecule is CC(C)CC1(C(=O)OCCN2CCCCC2)CC1C. The Labute approximate surface area is 117 Å². The minimum atomic E-state index is -0.143. The maximum Gasteiger partial charge on any atom is 0.312 e. The van der Waals surface area contributed by atoms with Gasteiger partial charge in [-0.2, -0.15) is 0 Å². The summed E-state index contributed by atoms with van der Waals surface area (Å²) in [6.07, 6.45) is 5.94. The van der Waals surface area contributed by atoms with Crippen LogP contribution in [0.1, 0.15) is 52.9 Å². The third kappa shape index (κ3) is 3.71. The summed E-state index contributed by atoms with van der Waals surface area (Å²) in [6, 6.07) is 0. The van der Waals surface area contributed by atoms with Crippen molar-refractivity contribution >= 4 is 5.97 Å². The fraction of sp³-hybridized carbons (Fsp3) is 0.938. The molecule has 19 heavy (non-hydrogen) atoms. The van der Waals surface area contributed by atoms with Gasteiger partial charge in [-0.25, -0.2) is 0 Å². The molecule has 2 fully saturated rings. The van der Waals surface area contributed by atoms with Gasteiger partial charge in [-0.05, 0) is 50.6 Å². The van der Waals surface area contributed by atoms with Gasteiger partial charge in [0, 0.05) is 6.54 Å². The zero-order valence-corrected chi connectivity index (χ0v) is 12.8. The number of piperidine rings is 1. The van der Waals surface area contributed by atoms with Crippen molar-refractivity contribution in [3.05, 3.63) is 0 Å². The van der Waals surface area contributed by atoms with Gasteiger partial charge < -0.3 is 4.74 Å². The van der Waals surface area contributed by atoms with Crippen molar-refractivity contribution in [1.82, 2.24) is 4.90 Å². The lowest BCUT2D eigenvalue weighted by Gasteiger charge is -2.26. The molecular formula is C16H29NO2. The Morgan fingerprint density at radius 1 is 1.32 bits per heavy atom. The highest BCUT2D eigenvalue weighted by Gasteiger charge is 2.58. The maximum atomic E-state index is 12.3. The standard InChI is InChI=1S/C16H29NO2/c1-13(2)11-16(12-14(16)3)15(18)19-10-9-17-7-5-4-6-8-17/h13-14H,4-12H2,1-3H3. The molecule has 0 N–H and O–H groups in total. The summed E-state index contributed by atoms with van der Waals surface area (Å²) in [5.74, 6) is 1.14. The molecule has 3 heteroatoms. The molecule has 1 saturated carbocycles. The average Bonchev–Trinajstić information content (AvgIpc) is 3.01. The molecule has 0 aromatic carbocycles. The summed E-state index contributed by atoms with van der Waals surface area (Å²) in [6.45, 7) is 10.4. The predicted molar refractivity (Wildman–Crippen MR) is 76.9 cm³/mol. The first-order valence-electron chi connectivity index (χ1n) is 7.94. The molecule has 1 heterocycles. The molecule has 0 amide bonds. The molecule has 1 aliphatic carbocycles. The summed E-state index contributed by atoms with van der Waals surface area (Å²) in [5, 5.41) is 0. The van der Waals surface area contributed by atoms with Crippen LogP contribution in [0.25, 0.3) is 0 Å². The average molecular weight is 267 g/mol. The molecule has 2 unspecified atom stereocenters. The molecule has 0 aromatic heterocycles. The second-order valence-corrected chi connectivity index (χ2v) is 6.90. The fourth-order valence-electron chi connectivity index (χ4n) is 3.46. The molecule has 0 radical (unpaired) electrons. The molecule has 2 rings (SSSR count). The van der Waals surface area contributed by atoms with Crippen LogP contribution in [0.3, 0.4) is 0 Å². The molecule has 0 bridgehead atoms. The topological polar surface area (TPSA) is 29.5 Å². The second kappa shape index (κ2) is 6.25. The van der Waals surface area contributed by atoms with Crippen LogP contribution in [-0.4, -0.2) is 37.1 Å². The lowest BCUT2D eigenvalue weighted by atomic mass is 9.92. The first-order valence-corrected chi connectivity index (χ1v) is 7.94. The van der Waals surface area contributed by atoms with Crippen LogP contribution in [-0.2, 0) is 9.53 Å². The van der Waals surface area contributed by atoms with Gasteiger partial charge in [0.2, 0.25) is 0 Å². The highest BCUT2D eigenvalue weighted by Crippen LogP contribution is 2.57. The number of ether oxygens (including phenoxy) is 1. The van der Waals surface area contributed by atoms with E-state index in [2.05, 4.69) is 25.7 Å². The van der Waals surface area contributed by atoms with Crippen molar-refractivity contribution in [3.63, 3.8) is 0 Å². The van der Waals surface area contributed by atoms with E-state index in [1.165, 1.54) is 32.4 Å². The van der Waals surface area contributed by atoms with Crippen LogP contribution in [0, 0.1) is 17.3 Å².